The highest BCUT2D eigenvalue weighted by Crippen LogP contribution is 2.26. The van der Waals surface area contributed by atoms with Crippen LogP contribution in [0.25, 0.3) is 0 Å². The van der Waals surface area contributed by atoms with Gasteiger partial charge in [0.2, 0.25) is 11.5 Å². The van der Waals surface area contributed by atoms with E-state index < -0.39 is 23.3 Å². The number of rotatable bonds is 3. The number of aromatic amines is 1. The molecule has 2 amide bonds. The number of carbonyl (C=O) groups is 2. The lowest BCUT2D eigenvalue weighted by atomic mass is 10.2. The zero-order valence-corrected chi connectivity index (χ0v) is 13.1. The average molecular weight is 350 g/mol. The van der Waals surface area contributed by atoms with Crippen molar-refractivity contribution in [2.24, 2.45) is 0 Å². The van der Waals surface area contributed by atoms with Crippen molar-refractivity contribution in [3.63, 3.8) is 0 Å². The van der Waals surface area contributed by atoms with Crippen molar-refractivity contribution in [3.05, 3.63) is 63.3 Å². The van der Waals surface area contributed by atoms with Gasteiger partial charge in [0.1, 0.15) is 17.6 Å². The number of halogens is 2. The van der Waals surface area contributed by atoms with Crippen LogP contribution in [0.5, 0.6) is 0 Å². The first kappa shape index (κ1) is 16.2. The highest BCUT2D eigenvalue weighted by Gasteiger charge is 2.34. The number of carbonyl (C=O) groups excluding carboxylic acids is 2. The summed E-state index contributed by atoms with van der Waals surface area (Å²) < 4.78 is 13.2. The number of amides is 2. The molecule has 3 rings (SSSR count). The molecule has 124 valence electrons. The van der Waals surface area contributed by atoms with Crippen LogP contribution in [0.2, 0.25) is 5.02 Å². The van der Waals surface area contributed by atoms with E-state index in [4.69, 9.17) is 11.6 Å². The van der Waals surface area contributed by atoms with Crippen LogP contribution in [-0.4, -0.2) is 29.4 Å². The van der Waals surface area contributed by atoms with Gasteiger partial charge in [-0.2, -0.15) is 0 Å². The molecular formula is C16H13ClFN3O3. The molecule has 2 aromatic rings. The van der Waals surface area contributed by atoms with Crippen LogP contribution >= 0.6 is 11.6 Å². The zero-order valence-electron chi connectivity index (χ0n) is 12.4. The Kier molecular flexibility index (Phi) is 4.35. The molecule has 2 N–H and O–H groups in total. The molecule has 0 saturated carbocycles. The Morgan fingerprint density at radius 3 is 2.79 bits per heavy atom. The van der Waals surface area contributed by atoms with Crippen LogP contribution in [0.15, 0.2) is 41.2 Å². The molecule has 1 fully saturated rings. The van der Waals surface area contributed by atoms with Gasteiger partial charge in [0.05, 0.1) is 5.02 Å². The predicted molar refractivity (Wildman–Crippen MR) is 86.7 cm³/mol. The van der Waals surface area contributed by atoms with Crippen LogP contribution in [0, 0.1) is 5.82 Å². The van der Waals surface area contributed by atoms with Crippen LogP contribution < -0.4 is 15.8 Å². The number of aromatic nitrogens is 1. The Balaban J connectivity index is 1.73. The number of anilines is 1. The number of hydrogen-bond acceptors (Lipinski definition) is 3. The highest BCUT2D eigenvalue weighted by atomic mass is 35.5. The lowest BCUT2D eigenvalue weighted by molar-refractivity contribution is -0.118. The molecule has 6 nitrogen and oxygen atoms in total. The first-order valence-electron chi connectivity index (χ1n) is 7.22. The van der Waals surface area contributed by atoms with Crippen molar-refractivity contribution in [1.29, 1.82) is 0 Å². The fourth-order valence-corrected chi connectivity index (χ4v) is 2.71. The molecule has 8 heteroatoms. The molecule has 24 heavy (non-hydrogen) atoms. The second kappa shape index (κ2) is 6.45. The fraction of sp³-hybridized carbons (Fsp3) is 0.188. The molecule has 1 atom stereocenters. The second-order valence-electron chi connectivity index (χ2n) is 5.33. The summed E-state index contributed by atoms with van der Waals surface area (Å²) in [5.74, 6) is -1.42. The summed E-state index contributed by atoms with van der Waals surface area (Å²) in [5, 5.41) is 2.52. The number of benzene rings is 1. The van der Waals surface area contributed by atoms with E-state index in [1.807, 2.05) is 0 Å². The van der Waals surface area contributed by atoms with Gasteiger partial charge in [-0.1, -0.05) is 17.7 Å². The monoisotopic (exact) mass is 349 g/mol. The largest absolute Gasteiger partial charge is 0.339 e. The molecule has 1 aromatic carbocycles. The summed E-state index contributed by atoms with van der Waals surface area (Å²) in [4.78, 5) is 39.6. The van der Waals surface area contributed by atoms with E-state index in [9.17, 15) is 18.8 Å². The number of nitrogens with zero attached hydrogens (tertiary/aromatic N) is 1. The number of hydrogen-bond donors (Lipinski definition) is 2. The van der Waals surface area contributed by atoms with Gasteiger partial charge < -0.3 is 15.2 Å². The third-order valence-electron chi connectivity index (χ3n) is 3.74. The van der Waals surface area contributed by atoms with Gasteiger partial charge in [0, 0.05) is 18.3 Å². The van der Waals surface area contributed by atoms with E-state index in [-0.39, 0.29) is 16.6 Å². The molecule has 0 radical (unpaired) electrons. The maximum Gasteiger partial charge on any atom is 0.268 e. The highest BCUT2D eigenvalue weighted by molar-refractivity contribution is 6.31. The SMILES string of the molecule is O=C(N[C@@H]1CCN(c2ccc(F)c(Cl)c2)C1=O)c1cccc(=O)[nH]1. The zero-order chi connectivity index (χ0) is 17.3. The lowest BCUT2D eigenvalue weighted by Crippen LogP contribution is -2.42. The number of pyridine rings is 1. The standard InChI is InChI=1S/C16H13ClFN3O3/c17-10-8-9(4-5-11(10)18)21-7-6-13(16(21)24)20-15(23)12-2-1-3-14(22)19-12/h1-5,8,13H,6-7H2,(H,19,22)(H,20,23)/t13-/m1/s1. The third kappa shape index (κ3) is 3.16. The number of H-pyrrole nitrogens is 1. The summed E-state index contributed by atoms with van der Waals surface area (Å²) in [6.07, 6.45) is 0.399. The van der Waals surface area contributed by atoms with Crippen LogP contribution in [0.3, 0.4) is 0 Å². The number of nitrogens with one attached hydrogen (secondary N) is 2. The molecule has 0 spiro atoms. The van der Waals surface area contributed by atoms with Gasteiger partial charge in [-0.15, -0.1) is 0 Å². The molecule has 1 aliphatic heterocycles. The van der Waals surface area contributed by atoms with Gasteiger partial charge in [-0.25, -0.2) is 4.39 Å². The lowest BCUT2D eigenvalue weighted by Gasteiger charge is -2.17. The van der Waals surface area contributed by atoms with Crippen molar-refractivity contribution in [3.8, 4) is 0 Å². The molecule has 0 unspecified atom stereocenters. The van der Waals surface area contributed by atoms with E-state index in [1.165, 1.54) is 41.3 Å². The van der Waals surface area contributed by atoms with Crippen LogP contribution in [0.1, 0.15) is 16.9 Å². The molecule has 2 heterocycles. The Morgan fingerprint density at radius 2 is 2.08 bits per heavy atom. The second-order valence-corrected chi connectivity index (χ2v) is 5.74. The van der Waals surface area contributed by atoms with Crippen molar-refractivity contribution >= 4 is 29.1 Å². The Labute approximate surface area is 141 Å². The van der Waals surface area contributed by atoms with E-state index in [1.54, 1.807) is 0 Å². The normalized spacial score (nSPS) is 17.2. The Hall–Kier alpha value is -2.67. The summed E-state index contributed by atoms with van der Waals surface area (Å²) >= 11 is 5.74. The molecule has 0 bridgehead atoms. The maximum atomic E-state index is 13.2. The minimum absolute atomic E-state index is 0.0744. The van der Waals surface area contributed by atoms with E-state index in [0.717, 1.165) is 0 Å². The van der Waals surface area contributed by atoms with Crippen molar-refractivity contribution in [1.82, 2.24) is 10.3 Å². The Morgan fingerprint density at radius 1 is 1.29 bits per heavy atom. The minimum Gasteiger partial charge on any atom is -0.339 e. The maximum absolute atomic E-state index is 13.2. The molecule has 1 aliphatic rings. The van der Waals surface area contributed by atoms with Gasteiger partial charge in [-0.3, -0.25) is 14.4 Å². The minimum atomic E-state index is -0.718. The molecule has 1 aromatic heterocycles. The van der Waals surface area contributed by atoms with Crippen molar-refractivity contribution in [2.75, 3.05) is 11.4 Å². The predicted octanol–water partition coefficient (Wildman–Crippen LogP) is 1.70. The Bertz CT molecular complexity index is 868. The summed E-state index contributed by atoms with van der Waals surface area (Å²) in [7, 11) is 0. The summed E-state index contributed by atoms with van der Waals surface area (Å²) in [6.45, 7) is 0.372. The van der Waals surface area contributed by atoms with E-state index >= 15 is 0 Å². The first-order valence-corrected chi connectivity index (χ1v) is 7.60. The van der Waals surface area contributed by atoms with Crippen molar-refractivity contribution < 1.29 is 14.0 Å². The fourth-order valence-electron chi connectivity index (χ4n) is 2.54. The van der Waals surface area contributed by atoms with Crippen LogP contribution in [-0.2, 0) is 4.79 Å². The topological polar surface area (TPSA) is 82.3 Å². The van der Waals surface area contributed by atoms with Gasteiger partial charge in [0.25, 0.3) is 5.91 Å². The third-order valence-corrected chi connectivity index (χ3v) is 4.03. The van der Waals surface area contributed by atoms with Gasteiger partial charge in [-0.05, 0) is 30.7 Å². The average Bonchev–Trinajstić information content (AvgIpc) is 2.91. The molecule has 0 aliphatic carbocycles. The van der Waals surface area contributed by atoms with Gasteiger partial charge in [0.15, 0.2) is 0 Å². The van der Waals surface area contributed by atoms with E-state index in [2.05, 4.69) is 10.3 Å². The smallest absolute Gasteiger partial charge is 0.268 e. The molecule has 1 saturated heterocycles. The summed E-state index contributed by atoms with van der Waals surface area (Å²) in [6, 6.07) is 7.49. The quantitative estimate of drug-likeness (QED) is 0.885. The first-order chi connectivity index (χ1) is 11.5. The summed E-state index contributed by atoms with van der Waals surface area (Å²) in [5.41, 5.74) is 0.151. The van der Waals surface area contributed by atoms with Crippen LogP contribution in [0.4, 0.5) is 10.1 Å². The van der Waals surface area contributed by atoms with Crippen molar-refractivity contribution in [2.45, 2.75) is 12.5 Å². The van der Waals surface area contributed by atoms with E-state index in [0.29, 0.717) is 18.7 Å². The molecular weight excluding hydrogens is 337 g/mol. The van der Waals surface area contributed by atoms with Gasteiger partial charge >= 0.3 is 0 Å².